The number of halogens is 1. The lowest BCUT2D eigenvalue weighted by Crippen LogP contribution is -2.35. The van der Waals surface area contributed by atoms with E-state index in [0.29, 0.717) is 6.54 Å². The Hall–Kier alpha value is -1.62. The highest BCUT2D eigenvalue weighted by Crippen LogP contribution is 2.19. The largest absolute Gasteiger partial charge is 0.490 e. The minimum atomic E-state index is -0.428. The van der Waals surface area contributed by atoms with E-state index in [1.165, 1.54) is 13.2 Å². The van der Waals surface area contributed by atoms with Gasteiger partial charge in [0.1, 0.15) is 0 Å². The number of ether oxygens (including phenoxy) is 2. The zero-order chi connectivity index (χ0) is 15.2. The third kappa shape index (κ3) is 6.02. The SMILES string of the molecule is COC(=O)CCOc1ccc(CNC(C)(C)C)cc1F. The summed E-state index contributed by atoms with van der Waals surface area (Å²) in [4.78, 5) is 10.9. The Morgan fingerprint density at radius 1 is 1.35 bits per heavy atom. The first-order valence-corrected chi connectivity index (χ1v) is 6.55. The molecule has 0 unspecified atom stereocenters. The molecule has 1 rings (SSSR count). The third-order valence-electron chi connectivity index (χ3n) is 2.61. The molecule has 0 aliphatic heterocycles. The topological polar surface area (TPSA) is 47.6 Å². The maximum absolute atomic E-state index is 13.8. The van der Waals surface area contributed by atoms with E-state index in [9.17, 15) is 9.18 Å². The molecule has 0 heterocycles. The van der Waals surface area contributed by atoms with Gasteiger partial charge in [0.25, 0.3) is 0 Å². The fourth-order valence-corrected chi connectivity index (χ4v) is 1.48. The molecule has 0 bridgehead atoms. The van der Waals surface area contributed by atoms with Gasteiger partial charge in [-0.15, -0.1) is 0 Å². The average molecular weight is 283 g/mol. The predicted octanol–water partition coefficient (Wildman–Crippen LogP) is 2.66. The molecule has 0 spiro atoms. The lowest BCUT2D eigenvalue weighted by molar-refractivity contribution is -0.141. The van der Waals surface area contributed by atoms with Gasteiger partial charge in [-0.3, -0.25) is 4.79 Å². The van der Waals surface area contributed by atoms with E-state index < -0.39 is 5.82 Å². The van der Waals surface area contributed by atoms with Gasteiger partial charge in [-0.2, -0.15) is 0 Å². The summed E-state index contributed by atoms with van der Waals surface area (Å²) in [7, 11) is 1.31. The van der Waals surface area contributed by atoms with Crippen LogP contribution in [-0.2, 0) is 16.1 Å². The fourth-order valence-electron chi connectivity index (χ4n) is 1.48. The first kappa shape index (κ1) is 16.4. The van der Waals surface area contributed by atoms with Gasteiger partial charge in [0.15, 0.2) is 11.6 Å². The zero-order valence-corrected chi connectivity index (χ0v) is 12.5. The van der Waals surface area contributed by atoms with Gasteiger partial charge in [-0.05, 0) is 38.5 Å². The van der Waals surface area contributed by atoms with Gasteiger partial charge in [0, 0.05) is 12.1 Å². The van der Waals surface area contributed by atoms with Crippen molar-refractivity contribution in [2.24, 2.45) is 0 Å². The van der Waals surface area contributed by atoms with E-state index in [0.717, 1.165) is 5.56 Å². The highest BCUT2D eigenvalue weighted by Gasteiger charge is 2.10. The van der Waals surface area contributed by atoms with E-state index in [2.05, 4.69) is 10.1 Å². The summed E-state index contributed by atoms with van der Waals surface area (Å²) in [5, 5.41) is 3.28. The molecule has 20 heavy (non-hydrogen) atoms. The maximum Gasteiger partial charge on any atom is 0.308 e. The van der Waals surface area contributed by atoms with Crippen LogP contribution >= 0.6 is 0 Å². The van der Waals surface area contributed by atoms with E-state index in [-0.39, 0.29) is 30.3 Å². The lowest BCUT2D eigenvalue weighted by Gasteiger charge is -2.20. The summed E-state index contributed by atoms with van der Waals surface area (Å²) in [6.45, 7) is 6.83. The van der Waals surface area contributed by atoms with Crippen LogP contribution in [0, 0.1) is 5.82 Å². The predicted molar refractivity (Wildman–Crippen MR) is 75.1 cm³/mol. The van der Waals surface area contributed by atoms with Crippen molar-refractivity contribution in [3.63, 3.8) is 0 Å². The Morgan fingerprint density at radius 3 is 2.60 bits per heavy atom. The highest BCUT2D eigenvalue weighted by molar-refractivity contribution is 5.69. The molecule has 0 aromatic heterocycles. The normalized spacial score (nSPS) is 11.2. The molecule has 0 fully saturated rings. The van der Waals surface area contributed by atoms with E-state index in [1.807, 2.05) is 20.8 Å². The van der Waals surface area contributed by atoms with Crippen LogP contribution in [0.3, 0.4) is 0 Å². The molecule has 112 valence electrons. The summed E-state index contributed by atoms with van der Waals surface area (Å²) in [6, 6.07) is 4.81. The smallest absolute Gasteiger partial charge is 0.308 e. The Balaban J connectivity index is 2.53. The second-order valence-electron chi connectivity index (χ2n) is 5.54. The van der Waals surface area contributed by atoms with Crippen molar-refractivity contribution < 1.29 is 18.7 Å². The number of hydrogen-bond donors (Lipinski definition) is 1. The van der Waals surface area contributed by atoms with Crippen LogP contribution in [0.15, 0.2) is 18.2 Å². The Bertz CT molecular complexity index is 455. The van der Waals surface area contributed by atoms with Crippen LogP contribution in [0.4, 0.5) is 4.39 Å². The lowest BCUT2D eigenvalue weighted by atomic mass is 10.1. The first-order chi connectivity index (χ1) is 9.31. The molecule has 0 aliphatic rings. The Morgan fingerprint density at radius 2 is 2.05 bits per heavy atom. The van der Waals surface area contributed by atoms with Crippen molar-refractivity contribution in [3.05, 3.63) is 29.6 Å². The minimum absolute atomic E-state index is 0.0217. The zero-order valence-electron chi connectivity index (χ0n) is 12.5. The number of carbonyl (C=O) groups excluding carboxylic acids is 1. The number of nitrogens with one attached hydrogen (secondary N) is 1. The second-order valence-corrected chi connectivity index (χ2v) is 5.54. The summed E-state index contributed by atoms with van der Waals surface area (Å²) in [5.74, 6) is -0.659. The molecule has 0 atom stereocenters. The number of esters is 1. The van der Waals surface area contributed by atoms with Crippen LogP contribution in [0.1, 0.15) is 32.8 Å². The molecule has 1 N–H and O–H groups in total. The van der Waals surface area contributed by atoms with Crippen LogP contribution in [0.2, 0.25) is 0 Å². The molecule has 1 aromatic rings. The number of rotatable bonds is 6. The molecule has 0 amide bonds. The Kier molecular flexibility index (Phi) is 5.95. The van der Waals surface area contributed by atoms with Crippen molar-refractivity contribution in [2.45, 2.75) is 39.3 Å². The van der Waals surface area contributed by atoms with Crippen LogP contribution in [0.5, 0.6) is 5.75 Å². The molecule has 0 radical (unpaired) electrons. The molecule has 0 saturated heterocycles. The van der Waals surface area contributed by atoms with E-state index in [1.54, 1.807) is 12.1 Å². The van der Waals surface area contributed by atoms with Crippen molar-refractivity contribution in [1.82, 2.24) is 5.32 Å². The van der Waals surface area contributed by atoms with Crippen molar-refractivity contribution in [3.8, 4) is 5.75 Å². The molecular weight excluding hydrogens is 261 g/mol. The number of carbonyl (C=O) groups is 1. The van der Waals surface area contributed by atoms with Crippen molar-refractivity contribution >= 4 is 5.97 Å². The number of methoxy groups -OCH3 is 1. The Labute approximate surface area is 119 Å². The number of benzene rings is 1. The third-order valence-corrected chi connectivity index (χ3v) is 2.61. The molecule has 4 nitrogen and oxygen atoms in total. The summed E-state index contributed by atoms with van der Waals surface area (Å²) in [6.07, 6.45) is 0.100. The van der Waals surface area contributed by atoms with Crippen LogP contribution < -0.4 is 10.1 Å². The fraction of sp³-hybridized carbons (Fsp3) is 0.533. The van der Waals surface area contributed by atoms with Crippen molar-refractivity contribution in [1.29, 1.82) is 0 Å². The van der Waals surface area contributed by atoms with Gasteiger partial charge in [-0.1, -0.05) is 6.07 Å². The molecular formula is C15H22FNO3. The van der Waals surface area contributed by atoms with Crippen molar-refractivity contribution in [2.75, 3.05) is 13.7 Å². The van der Waals surface area contributed by atoms with Crippen LogP contribution in [-0.4, -0.2) is 25.2 Å². The van der Waals surface area contributed by atoms with Gasteiger partial charge in [-0.25, -0.2) is 4.39 Å². The number of hydrogen-bond acceptors (Lipinski definition) is 4. The molecule has 1 aromatic carbocycles. The monoisotopic (exact) mass is 283 g/mol. The quantitative estimate of drug-likeness (QED) is 0.815. The van der Waals surface area contributed by atoms with Gasteiger partial charge >= 0.3 is 5.97 Å². The highest BCUT2D eigenvalue weighted by atomic mass is 19.1. The minimum Gasteiger partial charge on any atom is -0.490 e. The standard InChI is InChI=1S/C15H22FNO3/c1-15(2,3)17-10-11-5-6-13(12(16)9-11)20-8-7-14(18)19-4/h5-6,9,17H,7-8,10H2,1-4H3. The molecule has 0 saturated carbocycles. The summed E-state index contributed by atoms with van der Waals surface area (Å²) < 4.78 is 23.5. The molecule has 5 heteroatoms. The summed E-state index contributed by atoms with van der Waals surface area (Å²) >= 11 is 0. The van der Waals surface area contributed by atoms with Gasteiger partial charge in [0.05, 0.1) is 20.1 Å². The maximum atomic E-state index is 13.8. The van der Waals surface area contributed by atoms with Gasteiger partial charge in [0.2, 0.25) is 0 Å². The van der Waals surface area contributed by atoms with Crippen LogP contribution in [0.25, 0.3) is 0 Å². The van der Waals surface area contributed by atoms with E-state index in [4.69, 9.17) is 4.74 Å². The van der Waals surface area contributed by atoms with Gasteiger partial charge < -0.3 is 14.8 Å². The first-order valence-electron chi connectivity index (χ1n) is 6.55. The summed E-state index contributed by atoms with van der Waals surface area (Å²) in [5.41, 5.74) is 0.823. The average Bonchev–Trinajstić information content (AvgIpc) is 2.37. The second kappa shape index (κ2) is 7.24. The van der Waals surface area contributed by atoms with E-state index >= 15 is 0 Å². The molecule has 0 aliphatic carbocycles.